The van der Waals surface area contributed by atoms with Gasteiger partial charge in [0, 0.05) is 24.1 Å². The van der Waals surface area contributed by atoms with Crippen LogP contribution in [-0.4, -0.2) is 13.7 Å². The minimum Gasteiger partial charge on any atom is -0.495 e. The van der Waals surface area contributed by atoms with Gasteiger partial charge in [-0.1, -0.05) is 11.6 Å². The second-order valence-corrected chi connectivity index (χ2v) is 4.94. The van der Waals surface area contributed by atoms with Gasteiger partial charge in [-0.05, 0) is 31.0 Å². The van der Waals surface area contributed by atoms with Crippen molar-refractivity contribution < 1.29 is 4.74 Å². The molecule has 1 aliphatic rings. The van der Waals surface area contributed by atoms with Crippen LogP contribution in [0.3, 0.4) is 0 Å². The fraction of sp³-hybridized carbons (Fsp3) is 0.462. The number of methoxy groups -OCH3 is 1. The highest BCUT2D eigenvalue weighted by Crippen LogP contribution is 2.48. The molecule has 3 nitrogen and oxygen atoms in total. The summed E-state index contributed by atoms with van der Waals surface area (Å²) in [7, 11) is 1.60. The molecule has 1 aromatic rings. The number of ether oxygens (including phenoxy) is 1. The zero-order valence-corrected chi connectivity index (χ0v) is 10.5. The molecule has 0 spiro atoms. The van der Waals surface area contributed by atoms with Crippen molar-refractivity contribution in [3.05, 3.63) is 23.2 Å². The standard InChI is InChI=1S/C13H15ClN2O/c1-17-12-3-2-10(8-11(12)14)16-9-13(4-5-13)6-7-15/h2-3,8,16H,4-6,9H2,1H3. The summed E-state index contributed by atoms with van der Waals surface area (Å²) in [6, 6.07) is 7.88. The quantitative estimate of drug-likeness (QED) is 0.871. The van der Waals surface area contributed by atoms with Crippen LogP contribution in [0.2, 0.25) is 5.02 Å². The first-order valence-electron chi connectivity index (χ1n) is 5.63. The van der Waals surface area contributed by atoms with Gasteiger partial charge < -0.3 is 10.1 Å². The number of hydrogen-bond donors (Lipinski definition) is 1. The third-order valence-corrected chi connectivity index (χ3v) is 3.53. The van der Waals surface area contributed by atoms with Crippen LogP contribution in [0, 0.1) is 16.7 Å². The molecule has 1 saturated carbocycles. The number of nitriles is 1. The van der Waals surface area contributed by atoms with Crippen molar-refractivity contribution in [3.63, 3.8) is 0 Å². The van der Waals surface area contributed by atoms with Crippen molar-refractivity contribution >= 4 is 17.3 Å². The highest BCUT2D eigenvalue weighted by atomic mass is 35.5. The maximum absolute atomic E-state index is 8.74. The molecule has 1 aliphatic carbocycles. The monoisotopic (exact) mass is 250 g/mol. The number of halogens is 1. The average Bonchev–Trinajstić information content (AvgIpc) is 3.08. The van der Waals surface area contributed by atoms with Gasteiger partial charge in [-0.2, -0.15) is 5.26 Å². The lowest BCUT2D eigenvalue weighted by Gasteiger charge is -2.14. The fourth-order valence-electron chi connectivity index (χ4n) is 1.83. The molecule has 0 atom stereocenters. The molecular weight excluding hydrogens is 236 g/mol. The highest BCUT2D eigenvalue weighted by molar-refractivity contribution is 6.32. The Hall–Kier alpha value is -1.40. The molecule has 0 saturated heterocycles. The molecule has 90 valence electrons. The van der Waals surface area contributed by atoms with Crippen molar-refractivity contribution in [1.29, 1.82) is 5.26 Å². The van der Waals surface area contributed by atoms with Crippen molar-refractivity contribution in [3.8, 4) is 11.8 Å². The summed E-state index contributed by atoms with van der Waals surface area (Å²) in [6.45, 7) is 0.837. The van der Waals surface area contributed by atoms with E-state index in [4.69, 9.17) is 21.6 Å². The topological polar surface area (TPSA) is 45.0 Å². The Bertz CT molecular complexity index is 449. The zero-order valence-electron chi connectivity index (χ0n) is 9.79. The second kappa shape index (κ2) is 4.85. The summed E-state index contributed by atoms with van der Waals surface area (Å²) < 4.78 is 5.09. The van der Waals surface area contributed by atoms with Gasteiger partial charge in [-0.25, -0.2) is 0 Å². The molecule has 2 rings (SSSR count). The maximum Gasteiger partial charge on any atom is 0.137 e. The molecule has 0 heterocycles. The minimum absolute atomic E-state index is 0.196. The molecule has 0 aromatic heterocycles. The maximum atomic E-state index is 8.74. The molecule has 1 aromatic carbocycles. The smallest absolute Gasteiger partial charge is 0.137 e. The Morgan fingerprint density at radius 1 is 1.53 bits per heavy atom. The lowest BCUT2D eigenvalue weighted by Crippen LogP contribution is -2.14. The third kappa shape index (κ3) is 2.83. The summed E-state index contributed by atoms with van der Waals surface area (Å²) >= 11 is 6.04. The van der Waals surface area contributed by atoms with E-state index in [2.05, 4.69) is 11.4 Å². The van der Waals surface area contributed by atoms with Crippen molar-refractivity contribution in [2.24, 2.45) is 5.41 Å². The lowest BCUT2D eigenvalue weighted by atomic mass is 10.0. The van der Waals surface area contributed by atoms with E-state index in [1.807, 2.05) is 18.2 Å². The lowest BCUT2D eigenvalue weighted by molar-refractivity contribution is 0.415. The number of nitrogens with zero attached hydrogens (tertiary/aromatic N) is 1. The van der Waals surface area contributed by atoms with Crippen LogP contribution in [0.5, 0.6) is 5.75 Å². The number of anilines is 1. The molecule has 0 bridgehead atoms. The van der Waals surface area contributed by atoms with Crippen LogP contribution in [0.4, 0.5) is 5.69 Å². The van der Waals surface area contributed by atoms with E-state index < -0.39 is 0 Å². The molecule has 0 aliphatic heterocycles. The van der Waals surface area contributed by atoms with E-state index in [-0.39, 0.29) is 5.41 Å². The van der Waals surface area contributed by atoms with Crippen molar-refractivity contribution in [2.75, 3.05) is 19.0 Å². The Balaban J connectivity index is 1.96. The fourth-order valence-corrected chi connectivity index (χ4v) is 2.08. The SMILES string of the molecule is COc1ccc(NCC2(CC#N)CC2)cc1Cl. The van der Waals surface area contributed by atoms with Crippen LogP contribution in [0.1, 0.15) is 19.3 Å². The van der Waals surface area contributed by atoms with Crippen LogP contribution < -0.4 is 10.1 Å². The molecule has 1 fully saturated rings. The summed E-state index contributed by atoms with van der Waals surface area (Å²) in [6.07, 6.45) is 2.90. The third-order valence-electron chi connectivity index (χ3n) is 3.23. The minimum atomic E-state index is 0.196. The van der Waals surface area contributed by atoms with Crippen LogP contribution in [-0.2, 0) is 0 Å². The summed E-state index contributed by atoms with van der Waals surface area (Å²) in [5.41, 5.74) is 1.17. The van der Waals surface area contributed by atoms with Gasteiger partial charge in [0.25, 0.3) is 0 Å². The first-order chi connectivity index (χ1) is 8.19. The summed E-state index contributed by atoms with van der Waals surface area (Å²) in [4.78, 5) is 0. The van der Waals surface area contributed by atoms with E-state index >= 15 is 0 Å². The Morgan fingerprint density at radius 2 is 2.29 bits per heavy atom. The Morgan fingerprint density at radius 3 is 2.82 bits per heavy atom. The van der Waals surface area contributed by atoms with Gasteiger partial charge in [0.2, 0.25) is 0 Å². The van der Waals surface area contributed by atoms with Gasteiger partial charge >= 0.3 is 0 Å². The average molecular weight is 251 g/mol. The zero-order chi connectivity index (χ0) is 12.3. The molecule has 17 heavy (non-hydrogen) atoms. The summed E-state index contributed by atoms with van der Waals surface area (Å²) in [5, 5.41) is 12.7. The first-order valence-corrected chi connectivity index (χ1v) is 6.01. The van der Waals surface area contributed by atoms with Gasteiger partial charge in [-0.3, -0.25) is 0 Å². The second-order valence-electron chi connectivity index (χ2n) is 4.54. The predicted molar refractivity (Wildman–Crippen MR) is 68.4 cm³/mol. The van der Waals surface area contributed by atoms with E-state index in [1.165, 1.54) is 0 Å². The molecule has 1 N–H and O–H groups in total. The van der Waals surface area contributed by atoms with Gasteiger partial charge in [0.1, 0.15) is 5.75 Å². The van der Waals surface area contributed by atoms with Crippen molar-refractivity contribution in [1.82, 2.24) is 0 Å². The van der Waals surface area contributed by atoms with Gasteiger partial charge in [0.15, 0.2) is 0 Å². The van der Waals surface area contributed by atoms with E-state index in [0.717, 1.165) is 25.1 Å². The molecular formula is C13H15ClN2O. The molecule has 4 heteroatoms. The molecule has 0 radical (unpaired) electrons. The molecule has 0 amide bonds. The van der Waals surface area contributed by atoms with E-state index in [0.29, 0.717) is 17.2 Å². The summed E-state index contributed by atoms with van der Waals surface area (Å²) in [5.74, 6) is 0.676. The van der Waals surface area contributed by atoms with Gasteiger partial charge in [-0.15, -0.1) is 0 Å². The van der Waals surface area contributed by atoms with Crippen LogP contribution in [0.25, 0.3) is 0 Å². The number of benzene rings is 1. The Labute approximate surface area is 106 Å². The van der Waals surface area contributed by atoms with E-state index in [9.17, 15) is 0 Å². The first kappa shape index (κ1) is 12.1. The van der Waals surface area contributed by atoms with Crippen molar-refractivity contribution in [2.45, 2.75) is 19.3 Å². The number of rotatable bonds is 5. The number of hydrogen-bond acceptors (Lipinski definition) is 3. The predicted octanol–water partition coefficient (Wildman–Crippen LogP) is 3.45. The number of nitrogens with one attached hydrogen (secondary N) is 1. The Kier molecular flexibility index (Phi) is 3.44. The van der Waals surface area contributed by atoms with Crippen LogP contribution >= 0.6 is 11.6 Å². The largest absolute Gasteiger partial charge is 0.495 e. The van der Waals surface area contributed by atoms with E-state index in [1.54, 1.807) is 7.11 Å². The molecule has 0 unspecified atom stereocenters. The van der Waals surface area contributed by atoms with Crippen LogP contribution in [0.15, 0.2) is 18.2 Å². The van der Waals surface area contributed by atoms with Gasteiger partial charge in [0.05, 0.1) is 18.2 Å². The normalized spacial score (nSPS) is 16.1. The highest BCUT2D eigenvalue weighted by Gasteiger charge is 2.42.